The van der Waals surface area contributed by atoms with Gasteiger partial charge in [0.15, 0.2) is 0 Å². The monoisotopic (exact) mass is 297 g/mol. The number of nitrogens with two attached hydrogens (primary N) is 1. The van der Waals surface area contributed by atoms with Crippen molar-refractivity contribution >= 4 is 23.3 Å². The third-order valence-corrected chi connectivity index (χ3v) is 3.83. The third-order valence-electron chi connectivity index (χ3n) is 3.19. The first-order chi connectivity index (χ1) is 9.45. The average Bonchev–Trinajstić information content (AvgIpc) is 2.42. The normalized spacial score (nSPS) is 12.5. The fourth-order valence-electron chi connectivity index (χ4n) is 1.71. The molecule has 0 bridgehead atoms. The Hall–Kier alpha value is -1.10. The second-order valence-electron chi connectivity index (χ2n) is 5.51. The Morgan fingerprint density at radius 3 is 2.65 bits per heavy atom. The van der Waals surface area contributed by atoms with Crippen molar-refractivity contribution in [2.75, 3.05) is 36.3 Å². The van der Waals surface area contributed by atoms with Gasteiger partial charge in [-0.25, -0.2) is 0 Å². The van der Waals surface area contributed by atoms with Gasteiger partial charge in [-0.05, 0) is 43.4 Å². The summed E-state index contributed by atoms with van der Waals surface area (Å²) in [6.07, 6.45) is 3.26. The maximum atomic E-state index is 5.92. The molecule has 0 saturated heterocycles. The van der Waals surface area contributed by atoms with Crippen LogP contribution in [0.3, 0.4) is 0 Å². The summed E-state index contributed by atoms with van der Waals surface area (Å²) in [5, 5.41) is 0. The van der Waals surface area contributed by atoms with Crippen LogP contribution in [0.2, 0.25) is 0 Å². The molecule has 1 heterocycles. The molecule has 2 N–H and O–H groups in total. The Bertz CT molecular complexity index is 412. The molecule has 4 nitrogen and oxygen atoms in total. The fraction of sp³-hybridized carbons (Fsp3) is 0.667. The Morgan fingerprint density at radius 2 is 2.05 bits per heavy atom. The van der Waals surface area contributed by atoms with Gasteiger partial charge in [-0.2, -0.15) is 16.7 Å². The van der Waals surface area contributed by atoms with Crippen molar-refractivity contribution in [1.29, 1.82) is 0 Å². The van der Waals surface area contributed by atoms with E-state index in [0.29, 0.717) is 30.1 Å². The lowest BCUT2D eigenvalue weighted by Crippen LogP contribution is -2.30. The summed E-state index contributed by atoms with van der Waals surface area (Å²) in [5.41, 5.74) is 6.52. The molecule has 0 fully saturated rings. The molecule has 0 aliphatic rings. The zero-order valence-electron chi connectivity index (χ0n) is 13.2. The number of ether oxygens (including phenoxy) is 1. The van der Waals surface area contributed by atoms with E-state index in [-0.39, 0.29) is 0 Å². The lowest BCUT2D eigenvalue weighted by Gasteiger charge is -2.26. The zero-order valence-corrected chi connectivity index (χ0v) is 14.0. The predicted octanol–water partition coefficient (Wildman–Crippen LogP) is 3.28. The highest BCUT2D eigenvalue weighted by Crippen LogP contribution is 2.24. The molecule has 1 rings (SSSR count). The maximum absolute atomic E-state index is 5.92. The molecule has 0 radical (unpaired) electrons. The number of rotatable bonds is 8. The molecule has 0 aliphatic carbocycles. The van der Waals surface area contributed by atoms with E-state index >= 15 is 0 Å². The molecular weight excluding hydrogens is 270 g/mol. The zero-order chi connectivity index (χ0) is 15.1. The molecule has 1 aromatic rings. The second-order valence-corrected chi connectivity index (χ2v) is 6.50. The van der Waals surface area contributed by atoms with E-state index in [1.165, 1.54) is 0 Å². The average molecular weight is 297 g/mol. The van der Waals surface area contributed by atoms with Gasteiger partial charge in [-0.15, -0.1) is 0 Å². The molecule has 0 aliphatic heterocycles. The van der Waals surface area contributed by atoms with Gasteiger partial charge in [-0.3, -0.25) is 0 Å². The number of thioether (sulfide) groups is 1. The van der Waals surface area contributed by atoms with Crippen molar-refractivity contribution in [3.63, 3.8) is 0 Å². The molecule has 1 unspecified atom stereocenters. The van der Waals surface area contributed by atoms with Crippen LogP contribution in [0.25, 0.3) is 0 Å². The Balaban J connectivity index is 2.77. The molecule has 0 amide bonds. The van der Waals surface area contributed by atoms with Gasteiger partial charge in [0, 0.05) is 13.1 Å². The van der Waals surface area contributed by atoms with Crippen molar-refractivity contribution in [3.05, 3.63) is 12.1 Å². The molecule has 0 spiro atoms. The van der Waals surface area contributed by atoms with Crippen molar-refractivity contribution in [1.82, 2.24) is 4.98 Å². The van der Waals surface area contributed by atoms with Gasteiger partial charge in [-0.1, -0.05) is 13.8 Å². The highest BCUT2D eigenvalue weighted by Gasteiger charge is 2.13. The quantitative estimate of drug-likeness (QED) is 0.798. The van der Waals surface area contributed by atoms with Crippen LogP contribution >= 0.6 is 11.8 Å². The summed E-state index contributed by atoms with van der Waals surface area (Å²) < 4.78 is 5.68. The minimum Gasteiger partial charge on any atom is -0.476 e. The lowest BCUT2D eigenvalue weighted by atomic mass is 10.2. The van der Waals surface area contributed by atoms with Gasteiger partial charge in [0.05, 0.1) is 12.3 Å². The molecule has 114 valence electrons. The largest absolute Gasteiger partial charge is 0.476 e. The number of anilines is 2. The van der Waals surface area contributed by atoms with Crippen molar-refractivity contribution in [2.24, 2.45) is 5.92 Å². The first-order valence-electron chi connectivity index (χ1n) is 7.06. The van der Waals surface area contributed by atoms with Crippen molar-refractivity contribution in [3.8, 4) is 5.88 Å². The SMILES string of the molecule is CSCCC(C)N(C)c1ccc(N)c(OCC(C)C)n1. The Labute approximate surface area is 127 Å². The van der Waals surface area contributed by atoms with Crippen LogP contribution in [0.15, 0.2) is 12.1 Å². The molecular formula is C15H27N3OS. The summed E-state index contributed by atoms with van der Waals surface area (Å²) in [6, 6.07) is 4.26. The van der Waals surface area contributed by atoms with Crippen LogP contribution in [0.5, 0.6) is 5.88 Å². The number of nitrogens with zero attached hydrogens (tertiary/aromatic N) is 2. The van der Waals surface area contributed by atoms with E-state index in [1.807, 2.05) is 23.9 Å². The predicted molar refractivity (Wildman–Crippen MR) is 89.8 cm³/mol. The topological polar surface area (TPSA) is 51.4 Å². The Morgan fingerprint density at radius 1 is 1.35 bits per heavy atom. The lowest BCUT2D eigenvalue weighted by molar-refractivity contribution is 0.263. The van der Waals surface area contributed by atoms with Crippen molar-refractivity contribution in [2.45, 2.75) is 33.2 Å². The minimum atomic E-state index is 0.441. The number of pyridine rings is 1. The highest BCUT2D eigenvalue weighted by atomic mass is 32.2. The molecule has 0 saturated carbocycles. The van der Waals surface area contributed by atoms with Gasteiger partial charge >= 0.3 is 0 Å². The molecule has 20 heavy (non-hydrogen) atoms. The smallest absolute Gasteiger partial charge is 0.239 e. The number of hydrogen-bond acceptors (Lipinski definition) is 5. The molecule has 1 atom stereocenters. The van der Waals surface area contributed by atoms with Crippen LogP contribution < -0.4 is 15.4 Å². The molecule has 5 heteroatoms. The minimum absolute atomic E-state index is 0.441. The van der Waals surface area contributed by atoms with Crippen LogP contribution in [0.1, 0.15) is 27.2 Å². The summed E-state index contributed by atoms with van der Waals surface area (Å²) in [7, 11) is 2.07. The van der Waals surface area contributed by atoms with E-state index in [0.717, 1.165) is 18.0 Å². The first kappa shape index (κ1) is 17.0. The summed E-state index contributed by atoms with van der Waals surface area (Å²) in [5.74, 6) is 3.06. The highest BCUT2D eigenvalue weighted by molar-refractivity contribution is 7.98. The second kappa shape index (κ2) is 8.25. The van der Waals surface area contributed by atoms with E-state index < -0.39 is 0 Å². The molecule has 0 aromatic carbocycles. The van der Waals surface area contributed by atoms with Gasteiger partial charge < -0.3 is 15.4 Å². The van der Waals surface area contributed by atoms with E-state index in [9.17, 15) is 0 Å². The summed E-state index contributed by atoms with van der Waals surface area (Å²) in [6.45, 7) is 7.06. The van der Waals surface area contributed by atoms with Gasteiger partial charge in [0.2, 0.25) is 5.88 Å². The van der Waals surface area contributed by atoms with E-state index in [1.54, 1.807) is 0 Å². The fourth-order valence-corrected chi connectivity index (χ4v) is 2.28. The Kier molecular flexibility index (Phi) is 6.99. The van der Waals surface area contributed by atoms with Crippen LogP contribution in [-0.4, -0.2) is 36.7 Å². The van der Waals surface area contributed by atoms with E-state index in [2.05, 4.69) is 44.0 Å². The van der Waals surface area contributed by atoms with Crippen LogP contribution in [-0.2, 0) is 0 Å². The van der Waals surface area contributed by atoms with Crippen LogP contribution in [0, 0.1) is 5.92 Å². The first-order valence-corrected chi connectivity index (χ1v) is 8.46. The number of aromatic nitrogens is 1. The molecule has 1 aromatic heterocycles. The maximum Gasteiger partial charge on any atom is 0.239 e. The van der Waals surface area contributed by atoms with Gasteiger partial charge in [0.25, 0.3) is 0 Å². The van der Waals surface area contributed by atoms with Crippen molar-refractivity contribution < 1.29 is 4.74 Å². The van der Waals surface area contributed by atoms with E-state index in [4.69, 9.17) is 10.5 Å². The number of hydrogen-bond donors (Lipinski definition) is 1. The van der Waals surface area contributed by atoms with Gasteiger partial charge in [0.1, 0.15) is 5.82 Å². The summed E-state index contributed by atoms with van der Waals surface area (Å²) in [4.78, 5) is 6.72. The number of nitrogen functional groups attached to an aromatic ring is 1. The summed E-state index contributed by atoms with van der Waals surface area (Å²) >= 11 is 1.87. The van der Waals surface area contributed by atoms with Crippen LogP contribution in [0.4, 0.5) is 11.5 Å². The third kappa shape index (κ3) is 5.12. The standard InChI is InChI=1S/C15H27N3OS/c1-11(2)10-19-15-13(16)6-7-14(17-15)18(4)12(3)8-9-20-5/h6-7,11-12H,8-10,16H2,1-5H3.